The third kappa shape index (κ3) is 5.74. The van der Waals surface area contributed by atoms with Crippen molar-refractivity contribution in [2.45, 2.75) is 32.1 Å². The Hall–Kier alpha value is -3.02. The fourth-order valence-electron chi connectivity index (χ4n) is 3.26. The summed E-state index contributed by atoms with van der Waals surface area (Å²) in [5, 5.41) is 0. The summed E-state index contributed by atoms with van der Waals surface area (Å²) < 4.78 is 11.3. The fourth-order valence-corrected chi connectivity index (χ4v) is 3.26. The molecule has 6 heteroatoms. The molecule has 1 aliphatic carbocycles. The normalized spacial score (nSPS) is 14.1. The third-order valence-electron chi connectivity index (χ3n) is 4.76. The molecular weight excluding hydrogens is 356 g/mol. The number of ether oxygens (including phenoxy) is 2. The zero-order chi connectivity index (χ0) is 19.6. The molecule has 148 valence electrons. The van der Waals surface area contributed by atoms with Crippen LogP contribution in [-0.4, -0.2) is 25.0 Å². The summed E-state index contributed by atoms with van der Waals surface area (Å²) in [6, 6.07) is 16.4. The van der Waals surface area contributed by atoms with E-state index in [2.05, 4.69) is 10.9 Å². The Morgan fingerprint density at radius 1 is 0.821 bits per heavy atom. The van der Waals surface area contributed by atoms with Gasteiger partial charge in [-0.1, -0.05) is 49.6 Å². The second-order valence-electron chi connectivity index (χ2n) is 6.78. The standard InChI is InChI=1S/C22H26N2O4/c25-21(17-9-3-1-4-10-17)23-24-22(26)19-13-7-8-14-20(19)28-16-15-27-18-11-5-2-6-12-18/h2,5-8,11-14,17H,1,3-4,9-10,15-16H2,(H,23,25)(H,24,26). The fraction of sp³-hybridized carbons (Fsp3) is 0.364. The van der Waals surface area contributed by atoms with Crippen LogP contribution in [0, 0.1) is 5.92 Å². The van der Waals surface area contributed by atoms with Crippen molar-refractivity contribution in [3.05, 3.63) is 60.2 Å². The molecule has 6 nitrogen and oxygen atoms in total. The Labute approximate surface area is 165 Å². The highest BCUT2D eigenvalue weighted by atomic mass is 16.5. The molecule has 2 amide bonds. The van der Waals surface area contributed by atoms with E-state index in [1.165, 1.54) is 6.42 Å². The van der Waals surface area contributed by atoms with Crippen LogP contribution in [0.15, 0.2) is 54.6 Å². The Morgan fingerprint density at radius 2 is 1.50 bits per heavy atom. The SMILES string of the molecule is O=C(NNC(=O)C1CCCCC1)c1ccccc1OCCOc1ccccc1. The quantitative estimate of drug-likeness (QED) is 0.568. The van der Waals surface area contributed by atoms with E-state index in [1.54, 1.807) is 24.3 Å². The van der Waals surface area contributed by atoms with E-state index < -0.39 is 5.91 Å². The molecule has 3 rings (SSSR count). The zero-order valence-corrected chi connectivity index (χ0v) is 15.9. The maximum atomic E-state index is 12.5. The Balaban J connectivity index is 1.48. The Kier molecular flexibility index (Phi) is 7.29. The van der Waals surface area contributed by atoms with Crippen LogP contribution in [0.1, 0.15) is 42.5 Å². The van der Waals surface area contributed by atoms with Crippen molar-refractivity contribution in [2.75, 3.05) is 13.2 Å². The number of hydrogen-bond donors (Lipinski definition) is 2. The monoisotopic (exact) mass is 382 g/mol. The zero-order valence-electron chi connectivity index (χ0n) is 15.9. The summed E-state index contributed by atoms with van der Waals surface area (Å²) in [5.41, 5.74) is 5.42. The van der Waals surface area contributed by atoms with E-state index in [-0.39, 0.29) is 11.8 Å². The van der Waals surface area contributed by atoms with Gasteiger partial charge < -0.3 is 9.47 Å². The molecule has 0 bridgehead atoms. The molecule has 28 heavy (non-hydrogen) atoms. The van der Waals surface area contributed by atoms with Crippen LogP contribution < -0.4 is 20.3 Å². The summed E-state index contributed by atoms with van der Waals surface area (Å²) in [4.78, 5) is 24.7. The number of para-hydroxylation sites is 2. The number of hydrogen-bond acceptors (Lipinski definition) is 4. The van der Waals surface area contributed by atoms with Crippen LogP contribution in [0.5, 0.6) is 11.5 Å². The third-order valence-corrected chi connectivity index (χ3v) is 4.76. The van der Waals surface area contributed by atoms with Gasteiger partial charge in [-0.15, -0.1) is 0 Å². The first-order valence-corrected chi connectivity index (χ1v) is 9.74. The second-order valence-corrected chi connectivity index (χ2v) is 6.78. The highest BCUT2D eigenvalue weighted by Gasteiger charge is 2.22. The summed E-state index contributed by atoms with van der Waals surface area (Å²) in [6.07, 6.45) is 5.06. The van der Waals surface area contributed by atoms with Crippen molar-refractivity contribution in [2.24, 2.45) is 5.92 Å². The summed E-state index contributed by atoms with van der Waals surface area (Å²) in [5.74, 6) is 0.674. The predicted octanol–water partition coefficient (Wildman–Crippen LogP) is 3.49. The lowest BCUT2D eigenvalue weighted by Gasteiger charge is -2.21. The first-order chi connectivity index (χ1) is 13.7. The van der Waals surface area contributed by atoms with E-state index in [0.29, 0.717) is 24.5 Å². The van der Waals surface area contributed by atoms with Gasteiger partial charge >= 0.3 is 0 Å². The van der Waals surface area contributed by atoms with E-state index in [9.17, 15) is 9.59 Å². The van der Waals surface area contributed by atoms with E-state index in [4.69, 9.17) is 9.47 Å². The number of rotatable bonds is 7. The molecule has 1 aliphatic rings. The molecule has 0 saturated heterocycles. The Morgan fingerprint density at radius 3 is 2.29 bits per heavy atom. The highest BCUT2D eigenvalue weighted by Crippen LogP contribution is 2.23. The lowest BCUT2D eigenvalue weighted by Crippen LogP contribution is -2.45. The summed E-state index contributed by atoms with van der Waals surface area (Å²) in [6.45, 7) is 0.659. The van der Waals surface area contributed by atoms with E-state index in [1.807, 2.05) is 30.3 Å². The van der Waals surface area contributed by atoms with Gasteiger partial charge in [-0.3, -0.25) is 20.4 Å². The van der Waals surface area contributed by atoms with Crippen molar-refractivity contribution in [1.82, 2.24) is 10.9 Å². The molecule has 0 aromatic heterocycles. The molecule has 0 radical (unpaired) electrons. The van der Waals surface area contributed by atoms with Crippen molar-refractivity contribution in [1.29, 1.82) is 0 Å². The molecule has 0 unspecified atom stereocenters. The predicted molar refractivity (Wildman–Crippen MR) is 106 cm³/mol. The molecule has 2 N–H and O–H groups in total. The van der Waals surface area contributed by atoms with Gasteiger partial charge in [-0.2, -0.15) is 0 Å². The molecule has 1 saturated carbocycles. The van der Waals surface area contributed by atoms with Gasteiger partial charge in [-0.25, -0.2) is 0 Å². The summed E-state index contributed by atoms with van der Waals surface area (Å²) >= 11 is 0. The maximum Gasteiger partial charge on any atom is 0.273 e. The second kappa shape index (κ2) is 10.3. The van der Waals surface area contributed by atoms with Crippen molar-refractivity contribution in [3.63, 3.8) is 0 Å². The van der Waals surface area contributed by atoms with E-state index in [0.717, 1.165) is 31.4 Å². The molecule has 1 fully saturated rings. The molecule has 0 aliphatic heterocycles. The lowest BCUT2D eigenvalue weighted by molar-refractivity contribution is -0.126. The number of nitrogens with one attached hydrogen (secondary N) is 2. The maximum absolute atomic E-state index is 12.5. The van der Waals surface area contributed by atoms with Crippen LogP contribution >= 0.6 is 0 Å². The average molecular weight is 382 g/mol. The van der Waals surface area contributed by atoms with Crippen LogP contribution in [0.4, 0.5) is 0 Å². The number of benzene rings is 2. The molecule has 0 spiro atoms. The van der Waals surface area contributed by atoms with Crippen LogP contribution in [0.2, 0.25) is 0 Å². The minimum atomic E-state index is -0.399. The van der Waals surface area contributed by atoms with Crippen LogP contribution in [0.25, 0.3) is 0 Å². The van der Waals surface area contributed by atoms with Crippen molar-refractivity contribution in [3.8, 4) is 11.5 Å². The smallest absolute Gasteiger partial charge is 0.273 e. The van der Waals surface area contributed by atoms with Gasteiger partial charge in [0.25, 0.3) is 5.91 Å². The number of hydrazine groups is 1. The minimum absolute atomic E-state index is 0.0179. The Bertz CT molecular complexity index is 773. The molecule has 2 aromatic carbocycles. The highest BCUT2D eigenvalue weighted by molar-refractivity contribution is 5.98. The molecular formula is C22H26N2O4. The molecule has 0 atom stereocenters. The summed E-state index contributed by atoms with van der Waals surface area (Å²) in [7, 11) is 0. The molecule has 2 aromatic rings. The molecule has 0 heterocycles. The number of carbonyl (C=O) groups is 2. The number of carbonyl (C=O) groups excluding carboxylic acids is 2. The van der Waals surface area contributed by atoms with Gasteiger partial charge in [0, 0.05) is 5.92 Å². The van der Waals surface area contributed by atoms with Gasteiger partial charge in [-0.05, 0) is 37.1 Å². The van der Waals surface area contributed by atoms with Gasteiger partial charge in [0.2, 0.25) is 5.91 Å². The first kappa shape index (κ1) is 19.7. The lowest BCUT2D eigenvalue weighted by atomic mass is 9.89. The average Bonchev–Trinajstić information content (AvgIpc) is 2.76. The topological polar surface area (TPSA) is 76.7 Å². The van der Waals surface area contributed by atoms with Gasteiger partial charge in [0.1, 0.15) is 24.7 Å². The van der Waals surface area contributed by atoms with Crippen LogP contribution in [-0.2, 0) is 4.79 Å². The van der Waals surface area contributed by atoms with Gasteiger partial charge in [0.05, 0.1) is 5.56 Å². The van der Waals surface area contributed by atoms with Crippen molar-refractivity contribution >= 4 is 11.8 Å². The number of amides is 2. The van der Waals surface area contributed by atoms with Crippen LogP contribution in [0.3, 0.4) is 0 Å². The van der Waals surface area contributed by atoms with E-state index >= 15 is 0 Å². The van der Waals surface area contributed by atoms with Gasteiger partial charge in [0.15, 0.2) is 0 Å². The van der Waals surface area contributed by atoms with Crippen molar-refractivity contribution < 1.29 is 19.1 Å². The first-order valence-electron chi connectivity index (χ1n) is 9.74. The largest absolute Gasteiger partial charge is 0.490 e. The minimum Gasteiger partial charge on any atom is -0.490 e.